The topological polar surface area (TPSA) is 123 Å². The molecule has 0 saturated heterocycles. The maximum Gasteiger partial charge on any atom is 0.340 e. The highest BCUT2D eigenvalue weighted by molar-refractivity contribution is 7.88. The first-order valence-electron chi connectivity index (χ1n) is 6.44. The lowest BCUT2D eigenvalue weighted by atomic mass is 10.2. The van der Waals surface area contributed by atoms with Crippen LogP contribution in [0.2, 0.25) is 0 Å². The molecule has 1 rings (SSSR count). The summed E-state index contributed by atoms with van der Waals surface area (Å²) in [7, 11) is -3.17. The zero-order valence-corrected chi connectivity index (χ0v) is 12.9. The molecule has 118 valence electrons. The third-order valence-corrected chi connectivity index (χ3v) is 3.18. The van der Waals surface area contributed by atoms with Gasteiger partial charge in [0.15, 0.2) is 0 Å². The molecular weight excluding hydrogens is 296 g/mol. The molecule has 0 aromatic carbocycles. The van der Waals surface area contributed by atoms with Gasteiger partial charge in [0, 0.05) is 13.1 Å². The van der Waals surface area contributed by atoms with Gasteiger partial charge >= 0.3 is 5.97 Å². The van der Waals surface area contributed by atoms with Gasteiger partial charge in [-0.25, -0.2) is 22.9 Å². The van der Waals surface area contributed by atoms with Gasteiger partial charge in [-0.05, 0) is 19.4 Å². The Kier molecular flexibility index (Phi) is 6.38. The lowest BCUT2D eigenvalue weighted by Gasteiger charge is -2.09. The molecule has 8 nitrogen and oxygen atoms in total. The van der Waals surface area contributed by atoms with Crippen molar-refractivity contribution >= 4 is 27.5 Å². The molecular formula is C12H20N4O4S. The third-order valence-electron chi connectivity index (χ3n) is 2.45. The summed E-state index contributed by atoms with van der Waals surface area (Å²) in [6, 6.07) is 1.51. The molecule has 0 saturated carbocycles. The Bertz CT molecular complexity index is 589. The second-order valence-corrected chi connectivity index (χ2v) is 6.16. The van der Waals surface area contributed by atoms with E-state index in [4.69, 9.17) is 10.5 Å². The van der Waals surface area contributed by atoms with Crippen molar-refractivity contribution in [3.63, 3.8) is 0 Å². The van der Waals surface area contributed by atoms with Crippen molar-refractivity contribution < 1.29 is 17.9 Å². The van der Waals surface area contributed by atoms with Crippen molar-refractivity contribution in [3.8, 4) is 0 Å². The molecule has 0 unspecified atom stereocenters. The molecule has 0 amide bonds. The van der Waals surface area contributed by atoms with Crippen molar-refractivity contribution in [1.29, 1.82) is 0 Å². The second kappa shape index (κ2) is 7.79. The number of carbonyl (C=O) groups excluding carboxylic acids is 1. The van der Waals surface area contributed by atoms with Gasteiger partial charge in [-0.1, -0.05) is 0 Å². The number of hydrogen-bond donors (Lipinski definition) is 3. The average molecular weight is 316 g/mol. The molecule has 4 N–H and O–H groups in total. The highest BCUT2D eigenvalue weighted by Gasteiger charge is 2.12. The van der Waals surface area contributed by atoms with Crippen LogP contribution in [0.5, 0.6) is 0 Å². The predicted octanol–water partition coefficient (Wildman–Crippen LogP) is 0.192. The summed E-state index contributed by atoms with van der Waals surface area (Å²) in [6.45, 7) is 2.80. The van der Waals surface area contributed by atoms with Crippen LogP contribution in [-0.2, 0) is 14.8 Å². The van der Waals surface area contributed by atoms with E-state index in [0.717, 1.165) is 6.26 Å². The number of esters is 1. The van der Waals surface area contributed by atoms with Crippen LogP contribution in [0, 0.1) is 0 Å². The van der Waals surface area contributed by atoms with E-state index in [-0.39, 0.29) is 17.9 Å². The fraction of sp³-hybridized carbons (Fsp3) is 0.500. The van der Waals surface area contributed by atoms with E-state index in [1.807, 2.05) is 0 Å². The summed E-state index contributed by atoms with van der Waals surface area (Å²) in [6.07, 6.45) is 3.06. The Labute approximate surface area is 124 Å². The number of nitrogen functional groups attached to an aromatic ring is 1. The van der Waals surface area contributed by atoms with Gasteiger partial charge < -0.3 is 15.8 Å². The zero-order chi connectivity index (χ0) is 15.9. The van der Waals surface area contributed by atoms with Crippen LogP contribution in [-0.4, -0.2) is 45.3 Å². The quantitative estimate of drug-likeness (QED) is 0.462. The number of nitrogens with one attached hydrogen (secondary N) is 2. The number of carbonyl (C=O) groups is 1. The van der Waals surface area contributed by atoms with Crippen LogP contribution in [0.4, 0.5) is 11.5 Å². The number of hydrogen-bond acceptors (Lipinski definition) is 7. The first-order chi connectivity index (χ1) is 9.83. The Morgan fingerprint density at radius 3 is 2.76 bits per heavy atom. The normalized spacial score (nSPS) is 11.1. The van der Waals surface area contributed by atoms with Crippen LogP contribution in [0.15, 0.2) is 12.3 Å². The molecule has 9 heteroatoms. The Hall–Kier alpha value is -1.87. The van der Waals surface area contributed by atoms with Gasteiger partial charge in [0.05, 0.1) is 30.3 Å². The lowest BCUT2D eigenvalue weighted by Crippen LogP contribution is -2.24. The monoisotopic (exact) mass is 316 g/mol. The molecule has 21 heavy (non-hydrogen) atoms. The Balaban J connectivity index is 2.53. The van der Waals surface area contributed by atoms with Gasteiger partial charge in [-0.3, -0.25) is 0 Å². The number of nitrogens with zero attached hydrogens (tertiary/aromatic N) is 1. The van der Waals surface area contributed by atoms with Crippen molar-refractivity contribution in [2.45, 2.75) is 13.3 Å². The van der Waals surface area contributed by atoms with Crippen molar-refractivity contribution in [1.82, 2.24) is 9.71 Å². The minimum absolute atomic E-state index is 0.248. The summed E-state index contributed by atoms with van der Waals surface area (Å²) in [4.78, 5) is 15.7. The molecule has 0 aliphatic carbocycles. The second-order valence-electron chi connectivity index (χ2n) is 4.32. The number of anilines is 2. The van der Waals surface area contributed by atoms with Gasteiger partial charge in [0.25, 0.3) is 0 Å². The number of pyridine rings is 1. The van der Waals surface area contributed by atoms with Crippen molar-refractivity contribution in [3.05, 3.63) is 17.8 Å². The Morgan fingerprint density at radius 2 is 2.14 bits per heavy atom. The average Bonchev–Trinajstić information content (AvgIpc) is 2.39. The fourth-order valence-corrected chi connectivity index (χ4v) is 2.03. The number of sulfonamides is 1. The van der Waals surface area contributed by atoms with E-state index in [9.17, 15) is 13.2 Å². The SMILES string of the molecule is CCOC(=O)c1cc(NCCCNS(C)(=O)=O)ncc1N. The van der Waals surface area contributed by atoms with Crippen molar-refractivity contribution in [2.24, 2.45) is 0 Å². The standard InChI is InChI=1S/C12H20N4O4S/c1-3-20-12(17)9-7-11(15-8-10(9)13)14-5-4-6-16-21(2,18)19/h7-8,16H,3-6,13H2,1-2H3,(H,14,15). The van der Waals surface area contributed by atoms with E-state index >= 15 is 0 Å². The first-order valence-corrected chi connectivity index (χ1v) is 8.33. The van der Waals surface area contributed by atoms with Crippen LogP contribution in [0.3, 0.4) is 0 Å². The largest absolute Gasteiger partial charge is 0.462 e. The van der Waals surface area contributed by atoms with Crippen molar-refractivity contribution in [2.75, 3.05) is 37.0 Å². The summed E-state index contributed by atoms with van der Waals surface area (Å²) in [5.41, 5.74) is 6.18. The molecule has 1 aromatic heterocycles. The van der Waals surface area contributed by atoms with Gasteiger partial charge in [0.1, 0.15) is 5.82 Å². The molecule has 1 aromatic rings. The molecule has 0 atom stereocenters. The van der Waals surface area contributed by atoms with E-state index < -0.39 is 16.0 Å². The van der Waals surface area contributed by atoms with Crippen LogP contribution in [0.25, 0.3) is 0 Å². The number of rotatable bonds is 8. The van der Waals surface area contributed by atoms with Crippen LogP contribution < -0.4 is 15.8 Å². The molecule has 0 bridgehead atoms. The van der Waals surface area contributed by atoms with Gasteiger partial charge in [-0.2, -0.15) is 0 Å². The summed E-state index contributed by atoms with van der Waals surface area (Å²) in [5.74, 6) is -0.0224. The Morgan fingerprint density at radius 1 is 1.43 bits per heavy atom. The molecule has 0 spiro atoms. The molecule has 0 aliphatic heterocycles. The third kappa shape index (κ3) is 6.41. The first kappa shape index (κ1) is 17.2. The van der Waals surface area contributed by atoms with E-state index in [0.29, 0.717) is 25.3 Å². The van der Waals surface area contributed by atoms with Crippen LogP contribution in [0.1, 0.15) is 23.7 Å². The molecule has 1 heterocycles. The van der Waals surface area contributed by atoms with E-state index in [2.05, 4.69) is 15.0 Å². The summed E-state index contributed by atoms with van der Waals surface area (Å²) >= 11 is 0. The summed E-state index contributed by atoms with van der Waals surface area (Å²) in [5, 5.41) is 2.99. The van der Waals surface area contributed by atoms with Gasteiger partial charge in [0.2, 0.25) is 10.0 Å². The number of nitrogens with two attached hydrogens (primary N) is 1. The fourth-order valence-electron chi connectivity index (χ4n) is 1.51. The van der Waals surface area contributed by atoms with Gasteiger partial charge in [-0.15, -0.1) is 0 Å². The number of ether oxygens (including phenoxy) is 1. The minimum Gasteiger partial charge on any atom is -0.462 e. The maximum atomic E-state index is 11.7. The molecule has 0 fully saturated rings. The molecule has 0 radical (unpaired) electrons. The lowest BCUT2D eigenvalue weighted by molar-refractivity contribution is 0.0527. The highest BCUT2D eigenvalue weighted by atomic mass is 32.2. The highest BCUT2D eigenvalue weighted by Crippen LogP contribution is 2.16. The minimum atomic E-state index is -3.17. The van der Waals surface area contributed by atoms with E-state index in [1.54, 1.807) is 6.92 Å². The summed E-state index contributed by atoms with van der Waals surface area (Å²) < 4.78 is 29.0. The van der Waals surface area contributed by atoms with E-state index in [1.165, 1.54) is 12.3 Å². The molecule has 0 aliphatic rings. The number of aromatic nitrogens is 1. The maximum absolute atomic E-state index is 11.7. The zero-order valence-electron chi connectivity index (χ0n) is 12.0. The smallest absolute Gasteiger partial charge is 0.340 e. The van der Waals surface area contributed by atoms with Crippen LogP contribution >= 0.6 is 0 Å². The predicted molar refractivity (Wildman–Crippen MR) is 80.6 cm³/mol.